The molecule has 162 valence electrons. The molecule has 0 aliphatic rings. The van der Waals surface area contributed by atoms with E-state index in [1.54, 1.807) is 13.8 Å². The molecule has 0 radical (unpaired) electrons. The van der Waals surface area contributed by atoms with E-state index in [1.165, 1.54) is 0 Å². The van der Waals surface area contributed by atoms with Gasteiger partial charge in [-0.05, 0) is 39.1 Å². The van der Waals surface area contributed by atoms with Crippen LogP contribution in [0.1, 0.15) is 44.1 Å². The number of benzene rings is 1. The number of hydrogen-bond donors (Lipinski definition) is 3. The van der Waals surface area contributed by atoms with Crippen LogP contribution in [0.4, 0.5) is 5.00 Å². The maximum atomic E-state index is 12.5. The molecular formula is C21H28N4O4S. The number of rotatable bonds is 10. The molecule has 2 rings (SSSR count). The fourth-order valence-electron chi connectivity index (χ4n) is 3.05. The maximum absolute atomic E-state index is 12.5. The van der Waals surface area contributed by atoms with Crippen LogP contribution in [0.25, 0.3) is 0 Å². The van der Waals surface area contributed by atoms with Crippen molar-refractivity contribution < 1.29 is 19.1 Å². The number of amides is 2. The SMILES string of the molecule is CCOC(=O)c1c(NC(=O)CNCC(c2ccccc2)N(C)C)sc(C(N)=O)c1C. The van der Waals surface area contributed by atoms with Gasteiger partial charge in [0.2, 0.25) is 5.91 Å². The van der Waals surface area contributed by atoms with Crippen molar-refractivity contribution in [2.45, 2.75) is 19.9 Å². The molecule has 0 aliphatic carbocycles. The highest BCUT2D eigenvalue weighted by Gasteiger charge is 2.25. The van der Waals surface area contributed by atoms with E-state index in [0.717, 1.165) is 16.9 Å². The van der Waals surface area contributed by atoms with Crippen molar-refractivity contribution >= 4 is 34.1 Å². The summed E-state index contributed by atoms with van der Waals surface area (Å²) < 4.78 is 5.06. The summed E-state index contributed by atoms with van der Waals surface area (Å²) >= 11 is 0.975. The number of hydrogen-bond acceptors (Lipinski definition) is 7. The molecule has 0 saturated carbocycles. The summed E-state index contributed by atoms with van der Waals surface area (Å²) in [6.45, 7) is 4.08. The summed E-state index contributed by atoms with van der Waals surface area (Å²) in [5.41, 5.74) is 7.10. The third-order valence-corrected chi connectivity index (χ3v) is 5.76. The largest absolute Gasteiger partial charge is 0.462 e. The second kappa shape index (κ2) is 10.9. The summed E-state index contributed by atoms with van der Waals surface area (Å²) in [7, 11) is 3.95. The Balaban J connectivity index is 2.06. The third-order valence-electron chi connectivity index (χ3n) is 4.53. The molecule has 0 spiro atoms. The second-order valence-electron chi connectivity index (χ2n) is 6.91. The summed E-state index contributed by atoms with van der Waals surface area (Å²) in [5.74, 6) is -1.58. The minimum absolute atomic E-state index is 0.0439. The monoisotopic (exact) mass is 432 g/mol. The molecule has 0 bridgehead atoms. The normalized spacial score (nSPS) is 11.9. The Morgan fingerprint density at radius 1 is 1.20 bits per heavy atom. The van der Waals surface area contributed by atoms with Crippen molar-refractivity contribution in [3.8, 4) is 0 Å². The van der Waals surface area contributed by atoms with Gasteiger partial charge in [0.15, 0.2) is 0 Å². The number of ether oxygens (including phenoxy) is 1. The van der Waals surface area contributed by atoms with E-state index in [1.807, 2.05) is 44.4 Å². The Hall–Kier alpha value is -2.75. The number of carbonyl (C=O) groups is 3. The van der Waals surface area contributed by atoms with Crippen LogP contribution in [-0.2, 0) is 9.53 Å². The summed E-state index contributed by atoms with van der Waals surface area (Å²) in [6, 6.07) is 10.1. The third kappa shape index (κ3) is 5.88. The lowest BCUT2D eigenvalue weighted by molar-refractivity contribution is -0.115. The van der Waals surface area contributed by atoms with Gasteiger partial charge in [0, 0.05) is 12.6 Å². The van der Waals surface area contributed by atoms with Crippen LogP contribution in [0.15, 0.2) is 30.3 Å². The van der Waals surface area contributed by atoms with E-state index < -0.39 is 11.9 Å². The molecule has 30 heavy (non-hydrogen) atoms. The zero-order chi connectivity index (χ0) is 22.3. The van der Waals surface area contributed by atoms with Crippen LogP contribution in [0.5, 0.6) is 0 Å². The first-order chi connectivity index (χ1) is 14.3. The van der Waals surface area contributed by atoms with E-state index >= 15 is 0 Å². The molecule has 0 saturated heterocycles. The minimum Gasteiger partial charge on any atom is -0.462 e. The Kier molecular flexibility index (Phi) is 8.52. The molecule has 1 unspecified atom stereocenters. The number of thiophene rings is 1. The van der Waals surface area contributed by atoms with Crippen molar-refractivity contribution in [3.63, 3.8) is 0 Å². The van der Waals surface area contributed by atoms with Gasteiger partial charge in [-0.3, -0.25) is 9.59 Å². The Bertz CT molecular complexity index is 896. The predicted octanol–water partition coefficient (Wildman–Crippen LogP) is 2.16. The predicted molar refractivity (Wildman–Crippen MR) is 118 cm³/mol. The molecule has 9 heteroatoms. The zero-order valence-electron chi connectivity index (χ0n) is 17.7. The van der Waals surface area contributed by atoms with Gasteiger partial charge in [-0.15, -0.1) is 11.3 Å². The molecule has 2 aromatic rings. The van der Waals surface area contributed by atoms with Crippen LogP contribution in [0.3, 0.4) is 0 Å². The number of nitrogens with zero attached hydrogens (tertiary/aromatic N) is 1. The van der Waals surface area contributed by atoms with Crippen molar-refractivity contribution in [1.29, 1.82) is 0 Å². The number of nitrogens with two attached hydrogens (primary N) is 1. The average molecular weight is 433 g/mol. The first-order valence-electron chi connectivity index (χ1n) is 9.58. The van der Waals surface area contributed by atoms with Crippen LogP contribution >= 0.6 is 11.3 Å². The van der Waals surface area contributed by atoms with Crippen molar-refractivity contribution in [2.75, 3.05) is 39.1 Å². The lowest BCUT2D eigenvalue weighted by atomic mass is 10.1. The highest BCUT2D eigenvalue weighted by Crippen LogP contribution is 2.33. The van der Waals surface area contributed by atoms with E-state index in [2.05, 4.69) is 15.5 Å². The summed E-state index contributed by atoms with van der Waals surface area (Å²) in [6.07, 6.45) is 0. The highest BCUT2D eigenvalue weighted by atomic mass is 32.1. The number of likely N-dealkylation sites (N-methyl/N-ethyl adjacent to an activating group) is 1. The number of esters is 1. The Morgan fingerprint density at radius 2 is 1.87 bits per heavy atom. The topological polar surface area (TPSA) is 114 Å². The van der Waals surface area contributed by atoms with Gasteiger partial charge in [0.05, 0.1) is 23.6 Å². The maximum Gasteiger partial charge on any atom is 0.341 e. The first kappa shape index (κ1) is 23.5. The molecule has 2 amide bonds. The van der Waals surface area contributed by atoms with Crippen LogP contribution in [0, 0.1) is 6.92 Å². The van der Waals surface area contributed by atoms with Crippen LogP contribution < -0.4 is 16.4 Å². The number of anilines is 1. The smallest absolute Gasteiger partial charge is 0.341 e. The minimum atomic E-state index is -0.654. The van der Waals surface area contributed by atoms with Gasteiger partial charge < -0.3 is 26.0 Å². The van der Waals surface area contributed by atoms with Gasteiger partial charge in [0.1, 0.15) is 5.00 Å². The lowest BCUT2D eigenvalue weighted by Crippen LogP contribution is -2.35. The molecule has 1 aromatic heterocycles. The zero-order valence-corrected chi connectivity index (χ0v) is 18.5. The second-order valence-corrected chi connectivity index (χ2v) is 7.93. The van der Waals surface area contributed by atoms with E-state index in [0.29, 0.717) is 12.1 Å². The standard InChI is InChI=1S/C21H28N4O4S/c1-5-29-21(28)17-13(2)18(19(22)27)30-20(17)24-16(26)12-23-11-15(25(3)4)14-9-7-6-8-10-14/h6-10,15,23H,5,11-12H2,1-4H3,(H2,22,27)(H,24,26). The number of carbonyl (C=O) groups excluding carboxylic acids is 3. The first-order valence-corrected chi connectivity index (χ1v) is 10.4. The molecule has 0 fully saturated rings. The van der Waals surface area contributed by atoms with Crippen LogP contribution in [0.2, 0.25) is 0 Å². The molecular weight excluding hydrogens is 404 g/mol. The molecule has 1 aromatic carbocycles. The molecule has 1 heterocycles. The number of nitrogens with one attached hydrogen (secondary N) is 2. The van der Waals surface area contributed by atoms with Gasteiger partial charge in [-0.1, -0.05) is 30.3 Å². The fraction of sp³-hybridized carbons (Fsp3) is 0.381. The van der Waals surface area contributed by atoms with Gasteiger partial charge >= 0.3 is 5.97 Å². The average Bonchev–Trinajstić information content (AvgIpc) is 3.02. The summed E-state index contributed by atoms with van der Waals surface area (Å²) in [5, 5.41) is 6.11. The van der Waals surface area contributed by atoms with Gasteiger partial charge in [-0.25, -0.2) is 4.79 Å². The Morgan fingerprint density at radius 3 is 2.43 bits per heavy atom. The Labute approximate surface area is 180 Å². The summed E-state index contributed by atoms with van der Waals surface area (Å²) in [4.78, 5) is 38.7. The van der Waals surface area contributed by atoms with Crippen LogP contribution in [-0.4, -0.2) is 56.5 Å². The van der Waals surface area contributed by atoms with E-state index in [9.17, 15) is 14.4 Å². The quantitative estimate of drug-likeness (QED) is 0.496. The molecule has 0 aliphatic heterocycles. The lowest BCUT2D eigenvalue weighted by Gasteiger charge is -2.25. The van der Waals surface area contributed by atoms with Gasteiger partial charge in [-0.2, -0.15) is 0 Å². The molecule has 4 N–H and O–H groups in total. The van der Waals surface area contributed by atoms with Gasteiger partial charge in [0.25, 0.3) is 5.91 Å². The van der Waals surface area contributed by atoms with E-state index in [-0.39, 0.29) is 40.5 Å². The van der Waals surface area contributed by atoms with Crippen molar-refractivity contribution in [3.05, 3.63) is 51.9 Å². The molecule has 1 atom stereocenters. The fourth-order valence-corrected chi connectivity index (χ4v) is 4.12. The van der Waals surface area contributed by atoms with E-state index in [4.69, 9.17) is 10.5 Å². The van der Waals surface area contributed by atoms with Crippen molar-refractivity contribution in [1.82, 2.24) is 10.2 Å². The number of primary amides is 1. The van der Waals surface area contributed by atoms with Crippen molar-refractivity contribution in [2.24, 2.45) is 5.73 Å². The highest BCUT2D eigenvalue weighted by molar-refractivity contribution is 7.18. The molecule has 8 nitrogen and oxygen atoms in total.